The molecule has 0 amide bonds. The fraction of sp³-hybridized carbons (Fsp3) is 0.667. The summed E-state index contributed by atoms with van der Waals surface area (Å²) in [6.07, 6.45) is 2.41. The molecule has 0 aromatic carbocycles. The van der Waals surface area contributed by atoms with Crippen molar-refractivity contribution in [2.24, 2.45) is 0 Å². The van der Waals surface area contributed by atoms with Crippen molar-refractivity contribution in [2.45, 2.75) is 12.5 Å². The molecule has 0 saturated carbocycles. The Morgan fingerprint density at radius 2 is 2.36 bits per heavy atom. The molecule has 4 nitrogen and oxygen atoms in total. The van der Waals surface area contributed by atoms with E-state index >= 15 is 0 Å². The zero-order valence-electron chi connectivity index (χ0n) is 6.45. The molecule has 0 aliphatic carbocycles. The topological polar surface area (TPSA) is 49.4 Å². The van der Waals surface area contributed by atoms with Crippen LogP contribution in [-0.2, 0) is 10.2 Å². The van der Waals surface area contributed by atoms with Crippen molar-refractivity contribution in [1.29, 1.82) is 0 Å². The number of nitrogens with zero attached hydrogens (tertiary/aromatic N) is 1. The number of nitrogens with one attached hydrogen (secondary N) is 1. The van der Waals surface area contributed by atoms with Gasteiger partial charge in [0.15, 0.2) is 0 Å². The highest BCUT2D eigenvalue weighted by atomic mass is 32.2. The Labute approximate surface area is 67.1 Å². The van der Waals surface area contributed by atoms with Crippen LogP contribution in [0.25, 0.3) is 0 Å². The van der Waals surface area contributed by atoms with E-state index in [2.05, 4.69) is 11.3 Å². The van der Waals surface area contributed by atoms with Crippen LogP contribution < -0.4 is 4.72 Å². The highest BCUT2D eigenvalue weighted by Gasteiger charge is 2.26. The molecule has 0 radical (unpaired) electrons. The van der Waals surface area contributed by atoms with Gasteiger partial charge in [-0.15, -0.1) is 6.58 Å². The first-order valence-electron chi connectivity index (χ1n) is 3.42. The predicted molar refractivity (Wildman–Crippen MR) is 43.3 cm³/mol. The minimum atomic E-state index is -3.21. The fourth-order valence-electron chi connectivity index (χ4n) is 0.947. The number of hydrogen-bond donors (Lipinski definition) is 1. The summed E-state index contributed by atoms with van der Waals surface area (Å²) in [5.41, 5.74) is 0. The summed E-state index contributed by atoms with van der Waals surface area (Å²) in [5.74, 6) is 0. The summed E-state index contributed by atoms with van der Waals surface area (Å²) in [6.45, 7) is 4.09. The summed E-state index contributed by atoms with van der Waals surface area (Å²) < 4.78 is 26.0. The summed E-state index contributed by atoms with van der Waals surface area (Å²) in [7, 11) is -1.65. The minimum Gasteiger partial charge on any atom is -0.195 e. The summed E-state index contributed by atoms with van der Waals surface area (Å²) in [5, 5.41) is 0. The highest BCUT2D eigenvalue weighted by Crippen LogP contribution is 2.08. The molecule has 1 aliphatic heterocycles. The van der Waals surface area contributed by atoms with E-state index in [4.69, 9.17) is 0 Å². The van der Waals surface area contributed by atoms with Crippen molar-refractivity contribution in [3.05, 3.63) is 12.7 Å². The van der Waals surface area contributed by atoms with E-state index in [1.165, 1.54) is 4.31 Å². The SMILES string of the molecule is C=C[C@H]1CCN(C)S(=O)(=O)N1. The Morgan fingerprint density at radius 1 is 1.73 bits per heavy atom. The molecule has 0 aromatic heterocycles. The second kappa shape index (κ2) is 2.92. The van der Waals surface area contributed by atoms with E-state index in [-0.39, 0.29) is 6.04 Å². The smallest absolute Gasteiger partial charge is 0.195 e. The van der Waals surface area contributed by atoms with Crippen LogP contribution in [0.2, 0.25) is 0 Å². The molecule has 0 aromatic rings. The van der Waals surface area contributed by atoms with Crippen LogP contribution in [0.5, 0.6) is 0 Å². The normalized spacial score (nSPS) is 31.5. The molecule has 1 aliphatic rings. The molecular weight excluding hydrogens is 164 g/mol. The Morgan fingerprint density at radius 3 is 2.82 bits per heavy atom. The average molecular weight is 176 g/mol. The summed E-state index contributed by atoms with van der Waals surface area (Å²) in [4.78, 5) is 0. The molecule has 1 atom stereocenters. The Kier molecular flexibility index (Phi) is 2.31. The van der Waals surface area contributed by atoms with Crippen LogP contribution in [0.4, 0.5) is 0 Å². The molecule has 5 heteroatoms. The zero-order chi connectivity index (χ0) is 8.48. The van der Waals surface area contributed by atoms with Crippen LogP contribution in [0, 0.1) is 0 Å². The second-order valence-corrected chi connectivity index (χ2v) is 4.38. The third-order valence-corrected chi connectivity index (χ3v) is 3.35. The maximum Gasteiger partial charge on any atom is 0.279 e. The van der Waals surface area contributed by atoms with Crippen LogP contribution in [0.15, 0.2) is 12.7 Å². The van der Waals surface area contributed by atoms with E-state index in [1.807, 2.05) is 0 Å². The fourth-order valence-corrected chi connectivity index (χ4v) is 2.07. The quantitative estimate of drug-likeness (QED) is 0.558. The van der Waals surface area contributed by atoms with Crippen LogP contribution in [-0.4, -0.2) is 32.4 Å². The van der Waals surface area contributed by atoms with Crippen molar-refractivity contribution >= 4 is 10.2 Å². The summed E-state index contributed by atoms with van der Waals surface area (Å²) >= 11 is 0. The van der Waals surface area contributed by atoms with Gasteiger partial charge in [-0.1, -0.05) is 6.08 Å². The van der Waals surface area contributed by atoms with E-state index in [0.29, 0.717) is 6.54 Å². The van der Waals surface area contributed by atoms with Crippen LogP contribution in [0.1, 0.15) is 6.42 Å². The molecule has 0 spiro atoms. The van der Waals surface area contributed by atoms with Gasteiger partial charge in [-0.05, 0) is 6.42 Å². The molecule has 11 heavy (non-hydrogen) atoms. The maximum absolute atomic E-state index is 11.1. The maximum atomic E-state index is 11.1. The molecule has 0 unspecified atom stereocenters. The van der Waals surface area contributed by atoms with E-state index in [0.717, 1.165) is 6.42 Å². The predicted octanol–water partition coefficient (Wildman–Crippen LogP) is -0.289. The zero-order valence-corrected chi connectivity index (χ0v) is 7.26. The van der Waals surface area contributed by atoms with Gasteiger partial charge in [0.2, 0.25) is 0 Å². The van der Waals surface area contributed by atoms with Crippen molar-refractivity contribution in [3.8, 4) is 0 Å². The molecule has 1 rings (SSSR count). The summed E-state index contributed by atoms with van der Waals surface area (Å²) in [6, 6.07) is -0.101. The minimum absolute atomic E-state index is 0.101. The lowest BCUT2D eigenvalue weighted by atomic mass is 10.2. The van der Waals surface area contributed by atoms with Gasteiger partial charge in [0.1, 0.15) is 0 Å². The van der Waals surface area contributed by atoms with Crippen molar-refractivity contribution in [1.82, 2.24) is 9.03 Å². The first kappa shape index (κ1) is 8.70. The molecule has 1 heterocycles. The molecule has 64 valence electrons. The first-order chi connectivity index (χ1) is 5.06. The van der Waals surface area contributed by atoms with Gasteiger partial charge in [-0.3, -0.25) is 0 Å². The van der Waals surface area contributed by atoms with Gasteiger partial charge < -0.3 is 0 Å². The molecule has 0 bridgehead atoms. The Hall–Kier alpha value is -0.390. The monoisotopic (exact) mass is 176 g/mol. The third-order valence-electron chi connectivity index (χ3n) is 1.75. The largest absolute Gasteiger partial charge is 0.279 e. The molecule has 1 fully saturated rings. The van der Waals surface area contributed by atoms with Gasteiger partial charge in [0.05, 0.1) is 0 Å². The van der Waals surface area contributed by atoms with Gasteiger partial charge in [-0.2, -0.15) is 17.4 Å². The first-order valence-corrected chi connectivity index (χ1v) is 4.86. The lowest BCUT2D eigenvalue weighted by molar-refractivity contribution is 0.401. The average Bonchev–Trinajstić information content (AvgIpc) is 1.95. The lowest BCUT2D eigenvalue weighted by Gasteiger charge is -2.27. The number of hydrogen-bond acceptors (Lipinski definition) is 2. The van der Waals surface area contributed by atoms with Crippen molar-refractivity contribution in [2.75, 3.05) is 13.6 Å². The van der Waals surface area contributed by atoms with Crippen molar-refractivity contribution < 1.29 is 8.42 Å². The van der Waals surface area contributed by atoms with Gasteiger partial charge in [0.25, 0.3) is 10.2 Å². The van der Waals surface area contributed by atoms with E-state index in [1.54, 1.807) is 13.1 Å². The molecule has 1 N–H and O–H groups in total. The van der Waals surface area contributed by atoms with Gasteiger partial charge in [0, 0.05) is 19.6 Å². The van der Waals surface area contributed by atoms with E-state index in [9.17, 15) is 8.42 Å². The Bertz CT molecular complexity index is 247. The van der Waals surface area contributed by atoms with Crippen LogP contribution >= 0.6 is 0 Å². The van der Waals surface area contributed by atoms with Crippen molar-refractivity contribution in [3.63, 3.8) is 0 Å². The lowest BCUT2D eigenvalue weighted by Crippen LogP contribution is -2.49. The second-order valence-electron chi connectivity index (χ2n) is 2.58. The number of rotatable bonds is 1. The standard InChI is InChI=1S/C6H12N2O2S/c1-3-6-4-5-8(2)11(9,10)7-6/h3,6-7H,1,4-5H2,2H3/t6-/m0/s1. The van der Waals surface area contributed by atoms with E-state index < -0.39 is 10.2 Å². The molecule has 1 saturated heterocycles. The van der Waals surface area contributed by atoms with Crippen LogP contribution in [0.3, 0.4) is 0 Å². The van der Waals surface area contributed by atoms with Gasteiger partial charge >= 0.3 is 0 Å². The van der Waals surface area contributed by atoms with Gasteiger partial charge in [-0.25, -0.2) is 0 Å². The molecular formula is C6H12N2O2S. The highest BCUT2D eigenvalue weighted by molar-refractivity contribution is 7.87. The third kappa shape index (κ3) is 1.79. The Balaban J connectivity index is 2.75.